The first-order valence-electron chi connectivity index (χ1n) is 6.14. The largest absolute Gasteiger partial charge is 0.346 e. The number of rotatable bonds is 1. The number of benzene rings is 1. The fourth-order valence-electron chi connectivity index (χ4n) is 3.04. The lowest BCUT2D eigenvalue weighted by Crippen LogP contribution is -2.39. The molecule has 1 aromatic heterocycles. The average molecular weight is 250 g/mol. The highest BCUT2D eigenvalue weighted by atomic mass is 19.2. The molecule has 1 aromatic carbocycles. The third-order valence-electron chi connectivity index (χ3n) is 4.08. The van der Waals surface area contributed by atoms with Crippen molar-refractivity contribution in [3.05, 3.63) is 35.5 Å². The summed E-state index contributed by atoms with van der Waals surface area (Å²) in [5.74, 6) is -1.29. The lowest BCUT2D eigenvalue weighted by molar-refractivity contribution is 0.228. The van der Waals surface area contributed by atoms with Crippen molar-refractivity contribution in [2.75, 3.05) is 14.1 Å². The van der Waals surface area contributed by atoms with Crippen molar-refractivity contribution >= 4 is 10.9 Å². The van der Waals surface area contributed by atoms with Crippen LogP contribution in [0.4, 0.5) is 8.78 Å². The Morgan fingerprint density at radius 3 is 2.72 bits per heavy atom. The van der Waals surface area contributed by atoms with Crippen LogP contribution in [-0.2, 0) is 6.54 Å². The predicted octanol–water partition coefficient (Wildman–Crippen LogP) is 2.97. The highest BCUT2D eigenvalue weighted by Gasteiger charge is 2.30. The molecule has 0 amide bonds. The minimum Gasteiger partial charge on any atom is -0.346 e. The maximum Gasteiger partial charge on any atom is 0.168 e. The van der Waals surface area contributed by atoms with E-state index in [2.05, 4.69) is 11.8 Å². The van der Waals surface area contributed by atoms with Gasteiger partial charge in [0.2, 0.25) is 0 Å². The Morgan fingerprint density at radius 2 is 2.06 bits per heavy atom. The van der Waals surface area contributed by atoms with Crippen molar-refractivity contribution in [2.45, 2.75) is 25.4 Å². The molecule has 0 fully saturated rings. The minimum absolute atomic E-state index is 0.194. The van der Waals surface area contributed by atoms with E-state index in [0.29, 0.717) is 11.4 Å². The van der Waals surface area contributed by atoms with Gasteiger partial charge < -0.3 is 9.47 Å². The third-order valence-corrected chi connectivity index (χ3v) is 4.08. The van der Waals surface area contributed by atoms with E-state index in [1.54, 1.807) is 6.07 Å². The summed E-state index contributed by atoms with van der Waals surface area (Å²) >= 11 is 0. The van der Waals surface area contributed by atoms with Crippen LogP contribution in [-0.4, -0.2) is 29.6 Å². The lowest BCUT2D eigenvalue weighted by Gasteiger charge is -2.35. The zero-order chi connectivity index (χ0) is 13.0. The first-order chi connectivity index (χ1) is 8.50. The second-order valence-corrected chi connectivity index (χ2v) is 5.31. The fourth-order valence-corrected chi connectivity index (χ4v) is 3.04. The van der Waals surface area contributed by atoms with E-state index in [0.717, 1.165) is 17.6 Å². The zero-order valence-electron chi connectivity index (χ0n) is 10.7. The first-order valence-corrected chi connectivity index (χ1v) is 6.14. The molecule has 96 valence electrons. The molecule has 0 bridgehead atoms. The van der Waals surface area contributed by atoms with Gasteiger partial charge in [-0.3, -0.25) is 0 Å². The van der Waals surface area contributed by atoms with Crippen molar-refractivity contribution < 1.29 is 8.78 Å². The quantitative estimate of drug-likeness (QED) is 0.755. The van der Waals surface area contributed by atoms with Crippen LogP contribution in [0.3, 0.4) is 0 Å². The zero-order valence-corrected chi connectivity index (χ0v) is 10.7. The third kappa shape index (κ3) is 1.42. The standard InChI is InChI=1S/C14H16F2N2/c1-8-10-6-11(15)13(16)9-4-5-18(14(9)10)7-12(8)17(2)3/h4-6,8,12H,7H2,1-3H3/t8?,12-/m0/s1. The molecule has 0 saturated carbocycles. The van der Waals surface area contributed by atoms with E-state index >= 15 is 0 Å². The second-order valence-electron chi connectivity index (χ2n) is 5.31. The predicted molar refractivity (Wildman–Crippen MR) is 67.7 cm³/mol. The van der Waals surface area contributed by atoms with E-state index in [4.69, 9.17) is 0 Å². The molecule has 2 nitrogen and oxygen atoms in total. The Balaban J connectivity index is 2.29. The normalized spacial score (nSPS) is 23.0. The van der Waals surface area contributed by atoms with Crippen LogP contribution in [0, 0.1) is 11.6 Å². The summed E-state index contributed by atoms with van der Waals surface area (Å²) in [7, 11) is 4.04. The van der Waals surface area contributed by atoms with Crippen molar-refractivity contribution in [1.82, 2.24) is 9.47 Å². The van der Waals surface area contributed by atoms with Crippen molar-refractivity contribution in [3.8, 4) is 0 Å². The SMILES string of the molecule is CC1c2cc(F)c(F)c3ccn(c23)C[C@@H]1N(C)C. The van der Waals surface area contributed by atoms with Crippen molar-refractivity contribution in [2.24, 2.45) is 0 Å². The summed E-state index contributed by atoms with van der Waals surface area (Å²) in [5, 5.41) is 0.397. The molecular formula is C14H16F2N2. The molecule has 4 heteroatoms. The van der Waals surface area contributed by atoms with Gasteiger partial charge in [-0.05, 0) is 31.8 Å². The number of aromatic nitrogens is 1. The Labute approximate surface area is 105 Å². The maximum absolute atomic E-state index is 13.7. The van der Waals surface area contributed by atoms with Crippen molar-refractivity contribution in [3.63, 3.8) is 0 Å². The highest BCUT2D eigenvalue weighted by molar-refractivity contribution is 5.85. The monoisotopic (exact) mass is 250 g/mol. The molecule has 1 aliphatic heterocycles. The van der Waals surface area contributed by atoms with Crippen LogP contribution < -0.4 is 0 Å². The van der Waals surface area contributed by atoms with E-state index in [1.807, 2.05) is 24.9 Å². The summed E-state index contributed by atoms with van der Waals surface area (Å²) in [6, 6.07) is 3.33. The molecule has 2 atom stereocenters. The van der Waals surface area contributed by atoms with Crippen molar-refractivity contribution in [1.29, 1.82) is 0 Å². The van der Waals surface area contributed by atoms with Gasteiger partial charge in [0.1, 0.15) is 0 Å². The molecule has 0 saturated heterocycles. The van der Waals surface area contributed by atoms with E-state index in [1.165, 1.54) is 6.07 Å². The van der Waals surface area contributed by atoms with Crippen LogP contribution in [0.2, 0.25) is 0 Å². The van der Waals surface area contributed by atoms with E-state index in [-0.39, 0.29) is 5.92 Å². The highest BCUT2D eigenvalue weighted by Crippen LogP contribution is 2.37. The Hall–Kier alpha value is -1.42. The minimum atomic E-state index is -0.749. The summed E-state index contributed by atoms with van der Waals surface area (Å²) in [6.45, 7) is 2.89. The van der Waals surface area contributed by atoms with Gasteiger partial charge in [-0.15, -0.1) is 0 Å². The molecule has 0 radical (unpaired) electrons. The molecule has 1 aliphatic rings. The van der Waals surface area contributed by atoms with Gasteiger partial charge in [0.15, 0.2) is 11.6 Å². The van der Waals surface area contributed by atoms with Gasteiger partial charge in [-0.2, -0.15) is 0 Å². The van der Waals surface area contributed by atoms with Gasteiger partial charge >= 0.3 is 0 Å². The summed E-state index contributed by atoms with van der Waals surface area (Å²) in [6.07, 6.45) is 1.85. The summed E-state index contributed by atoms with van der Waals surface area (Å²) in [4.78, 5) is 2.14. The maximum atomic E-state index is 13.7. The topological polar surface area (TPSA) is 8.17 Å². The molecule has 0 spiro atoms. The van der Waals surface area contributed by atoms with Gasteiger partial charge in [0.25, 0.3) is 0 Å². The van der Waals surface area contributed by atoms with Crippen LogP contribution in [0.1, 0.15) is 18.4 Å². The smallest absolute Gasteiger partial charge is 0.168 e. The number of likely N-dealkylation sites (N-methyl/N-ethyl adjacent to an activating group) is 1. The van der Waals surface area contributed by atoms with Gasteiger partial charge in [0.05, 0.1) is 5.52 Å². The van der Waals surface area contributed by atoms with E-state index in [9.17, 15) is 8.78 Å². The van der Waals surface area contributed by atoms with Crippen LogP contribution in [0.15, 0.2) is 18.3 Å². The fraction of sp³-hybridized carbons (Fsp3) is 0.429. The van der Waals surface area contributed by atoms with Gasteiger partial charge in [-0.1, -0.05) is 6.92 Å². The number of hydrogen-bond donors (Lipinski definition) is 0. The molecule has 3 rings (SSSR count). The molecule has 2 heterocycles. The lowest BCUT2D eigenvalue weighted by atomic mass is 9.88. The van der Waals surface area contributed by atoms with Gasteiger partial charge in [-0.25, -0.2) is 8.78 Å². The Morgan fingerprint density at radius 1 is 1.33 bits per heavy atom. The van der Waals surface area contributed by atoms with Crippen LogP contribution >= 0.6 is 0 Å². The second kappa shape index (κ2) is 3.79. The molecule has 1 unspecified atom stereocenters. The molecule has 18 heavy (non-hydrogen) atoms. The summed E-state index contributed by atoms with van der Waals surface area (Å²) in [5.41, 5.74) is 1.75. The van der Waals surface area contributed by atoms with Crippen LogP contribution in [0.25, 0.3) is 10.9 Å². The Bertz CT molecular complexity index is 616. The molecule has 0 N–H and O–H groups in total. The number of hydrogen-bond acceptors (Lipinski definition) is 1. The Kier molecular flexibility index (Phi) is 2.45. The molecule has 2 aromatic rings. The van der Waals surface area contributed by atoms with Crippen LogP contribution in [0.5, 0.6) is 0 Å². The van der Waals surface area contributed by atoms with Gasteiger partial charge in [0, 0.05) is 30.1 Å². The number of halogens is 2. The number of nitrogens with zero attached hydrogens (tertiary/aromatic N) is 2. The first kappa shape index (κ1) is 11.7. The van der Waals surface area contributed by atoms with E-state index < -0.39 is 11.6 Å². The summed E-state index contributed by atoms with van der Waals surface area (Å²) < 4.78 is 29.4. The molecular weight excluding hydrogens is 234 g/mol. The molecule has 0 aliphatic carbocycles. The average Bonchev–Trinajstić information content (AvgIpc) is 2.73.